The SMILES string of the molecule is C=CCN1C(=O)[C@]2(CC(C)=C(c3ccccc3NC(=O)OC(C)(C)C)C(=O)O2)c2ccccc21. The van der Waals surface area contributed by atoms with Gasteiger partial charge in [0.25, 0.3) is 5.91 Å². The van der Waals surface area contributed by atoms with Crippen molar-refractivity contribution in [3.8, 4) is 0 Å². The van der Waals surface area contributed by atoms with Crippen molar-refractivity contribution < 1.29 is 23.9 Å². The number of ether oxygens (including phenoxy) is 2. The van der Waals surface area contributed by atoms with Gasteiger partial charge in [-0.15, -0.1) is 6.58 Å². The number of nitrogens with zero attached hydrogens (tertiary/aromatic N) is 1. The molecule has 0 fully saturated rings. The molecule has 0 aromatic heterocycles. The molecule has 1 atom stereocenters. The molecule has 1 spiro atoms. The van der Waals surface area contributed by atoms with Gasteiger partial charge in [0, 0.05) is 24.1 Å². The van der Waals surface area contributed by atoms with Gasteiger partial charge in [0.2, 0.25) is 5.60 Å². The summed E-state index contributed by atoms with van der Waals surface area (Å²) in [7, 11) is 0. The van der Waals surface area contributed by atoms with Crippen molar-refractivity contribution >= 4 is 34.9 Å². The molecular formula is C27H28N2O5. The summed E-state index contributed by atoms with van der Waals surface area (Å²) in [6, 6.07) is 14.3. The van der Waals surface area contributed by atoms with Crippen LogP contribution in [0.1, 0.15) is 45.2 Å². The summed E-state index contributed by atoms with van der Waals surface area (Å²) < 4.78 is 11.3. The zero-order valence-corrected chi connectivity index (χ0v) is 19.8. The second kappa shape index (κ2) is 8.48. The molecular weight excluding hydrogens is 432 g/mol. The Morgan fingerprint density at radius 1 is 1.18 bits per heavy atom. The van der Waals surface area contributed by atoms with Crippen molar-refractivity contribution in [2.24, 2.45) is 0 Å². The van der Waals surface area contributed by atoms with E-state index in [-0.39, 0.29) is 12.3 Å². The number of esters is 1. The van der Waals surface area contributed by atoms with E-state index in [9.17, 15) is 14.4 Å². The molecule has 1 N–H and O–H groups in total. The number of benzene rings is 2. The Morgan fingerprint density at radius 3 is 2.53 bits per heavy atom. The third-order valence-electron chi connectivity index (χ3n) is 5.78. The van der Waals surface area contributed by atoms with Gasteiger partial charge in [0.1, 0.15) is 5.60 Å². The fraction of sp³-hybridized carbons (Fsp3) is 0.296. The molecule has 0 bridgehead atoms. The summed E-state index contributed by atoms with van der Waals surface area (Å²) in [4.78, 5) is 40.9. The predicted octanol–water partition coefficient (Wildman–Crippen LogP) is 5.18. The Labute approximate surface area is 199 Å². The molecule has 34 heavy (non-hydrogen) atoms. The van der Waals surface area contributed by atoms with Crippen LogP contribution < -0.4 is 10.2 Å². The molecule has 2 amide bonds. The predicted molar refractivity (Wildman–Crippen MR) is 130 cm³/mol. The number of carbonyl (C=O) groups is 3. The van der Waals surface area contributed by atoms with Crippen LogP contribution in [0.5, 0.6) is 0 Å². The molecule has 7 heteroatoms. The van der Waals surface area contributed by atoms with Gasteiger partial charge in [-0.3, -0.25) is 10.1 Å². The van der Waals surface area contributed by atoms with Crippen molar-refractivity contribution in [3.05, 3.63) is 77.9 Å². The average molecular weight is 461 g/mol. The third kappa shape index (κ3) is 3.98. The van der Waals surface area contributed by atoms with Crippen molar-refractivity contribution in [1.82, 2.24) is 0 Å². The summed E-state index contributed by atoms with van der Waals surface area (Å²) >= 11 is 0. The second-order valence-corrected chi connectivity index (χ2v) is 9.44. The topological polar surface area (TPSA) is 84.9 Å². The van der Waals surface area contributed by atoms with Gasteiger partial charge in [-0.2, -0.15) is 0 Å². The molecule has 0 unspecified atom stereocenters. The van der Waals surface area contributed by atoms with Gasteiger partial charge in [-0.1, -0.05) is 48.0 Å². The third-order valence-corrected chi connectivity index (χ3v) is 5.78. The molecule has 2 aliphatic rings. The van der Waals surface area contributed by atoms with Crippen LogP contribution in [0, 0.1) is 0 Å². The number of carbonyl (C=O) groups excluding carboxylic acids is 3. The summed E-state index contributed by atoms with van der Waals surface area (Å²) in [5.74, 6) is -0.911. The Kier molecular flexibility index (Phi) is 5.81. The molecule has 2 aliphatic heterocycles. The van der Waals surface area contributed by atoms with Crippen LogP contribution >= 0.6 is 0 Å². The molecule has 0 radical (unpaired) electrons. The van der Waals surface area contributed by atoms with Crippen LogP contribution in [0.15, 0.2) is 66.8 Å². The van der Waals surface area contributed by atoms with E-state index >= 15 is 0 Å². The maximum Gasteiger partial charge on any atom is 0.412 e. The van der Waals surface area contributed by atoms with Crippen LogP contribution in [0.2, 0.25) is 0 Å². The molecule has 0 saturated carbocycles. The zero-order chi connectivity index (χ0) is 24.7. The largest absolute Gasteiger partial charge is 0.444 e. The minimum atomic E-state index is -1.42. The lowest BCUT2D eigenvalue weighted by molar-refractivity contribution is -0.163. The normalized spacial score (nSPS) is 19.7. The lowest BCUT2D eigenvalue weighted by Gasteiger charge is -2.34. The van der Waals surface area contributed by atoms with Crippen LogP contribution in [0.25, 0.3) is 5.57 Å². The molecule has 2 heterocycles. The van der Waals surface area contributed by atoms with E-state index in [1.54, 1.807) is 56.0 Å². The maximum atomic E-state index is 13.5. The summed E-state index contributed by atoms with van der Waals surface area (Å²) in [6.07, 6.45) is 1.22. The highest BCUT2D eigenvalue weighted by Gasteiger charge is 2.56. The van der Waals surface area contributed by atoms with Gasteiger partial charge >= 0.3 is 12.1 Å². The number of para-hydroxylation sites is 2. The average Bonchev–Trinajstić information content (AvgIpc) is 2.96. The van der Waals surface area contributed by atoms with Crippen molar-refractivity contribution in [3.63, 3.8) is 0 Å². The van der Waals surface area contributed by atoms with E-state index in [0.717, 1.165) is 0 Å². The highest BCUT2D eigenvalue weighted by Crippen LogP contribution is 2.50. The fourth-order valence-corrected chi connectivity index (χ4v) is 4.52. The van der Waals surface area contributed by atoms with Gasteiger partial charge in [0.05, 0.1) is 16.9 Å². The second-order valence-electron chi connectivity index (χ2n) is 9.44. The number of fused-ring (bicyclic) bond motifs is 2. The van der Waals surface area contributed by atoms with Crippen molar-refractivity contribution in [2.45, 2.75) is 45.3 Å². The molecule has 2 aromatic carbocycles. The smallest absolute Gasteiger partial charge is 0.412 e. The molecule has 4 rings (SSSR count). The Balaban J connectivity index is 1.74. The van der Waals surface area contributed by atoms with Gasteiger partial charge in [0.15, 0.2) is 0 Å². The van der Waals surface area contributed by atoms with E-state index in [0.29, 0.717) is 40.2 Å². The molecule has 176 valence electrons. The van der Waals surface area contributed by atoms with Crippen LogP contribution in [-0.2, 0) is 24.7 Å². The van der Waals surface area contributed by atoms with Crippen molar-refractivity contribution in [2.75, 3.05) is 16.8 Å². The number of hydrogen-bond acceptors (Lipinski definition) is 5. The van der Waals surface area contributed by atoms with Crippen LogP contribution in [0.4, 0.5) is 16.2 Å². The first-order valence-corrected chi connectivity index (χ1v) is 11.1. The van der Waals surface area contributed by atoms with E-state index in [2.05, 4.69) is 11.9 Å². The highest BCUT2D eigenvalue weighted by molar-refractivity contribution is 6.22. The molecule has 7 nitrogen and oxygen atoms in total. The number of hydrogen-bond donors (Lipinski definition) is 1. The standard InChI is InChI=1S/C27H28N2O5/c1-6-15-29-21-14-10-8-12-19(21)27(24(29)31)16-17(2)22(23(30)33-27)18-11-7-9-13-20(18)28-25(32)34-26(3,4)5/h6-14H,1,15-16H2,2-5H3,(H,28,32)/t27-/m0/s1. The summed E-state index contributed by atoms with van der Waals surface area (Å²) in [6.45, 7) is 11.2. The first-order chi connectivity index (χ1) is 16.1. The lowest BCUT2D eigenvalue weighted by Crippen LogP contribution is -2.46. The molecule has 0 aliphatic carbocycles. The lowest BCUT2D eigenvalue weighted by atomic mass is 9.83. The van der Waals surface area contributed by atoms with Crippen LogP contribution in [0.3, 0.4) is 0 Å². The van der Waals surface area contributed by atoms with Gasteiger partial charge in [-0.05, 0) is 39.8 Å². The fourth-order valence-electron chi connectivity index (χ4n) is 4.52. The Hall–Kier alpha value is -3.87. The van der Waals surface area contributed by atoms with E-state index in [1.807, 2.05) is 31.2 Å². The first-order valence-electron chi connectivity index (χ1n) is 11.1. The van der Waals surface area contributed by atoms with E-state index in [1.165, 1.54) is 0 Å². The number of rotatable bonds is 4. The number of nitrogens with one attached hydrogen (secondary N) is 1. The quantitative estimate of drug-likeness (QED) is 0.502. The number of amides is 2. The highest BCUT2D eigenvalue weighted by atomic mass is 16.6. The van der Waals surface area contributed by atoms with E-state index < -0.39 is 23.3 Å². The maximum absolute atomic E-state index is 13.5. The summed E-state index contributed by atoms with van der Waals surface area (Å²) in [5, 5.41) is 2.73. The van der Waals surface area contributed by atoms with Crippen LogP contribution in [-0.4, -0.2) is 30.1 Å². The Bertz CT molecular complexity index is 1220. The minimum Gasteiger partial charge on any atom is -0.444 e. The summed E-state index contributed by atoms with van der Waals surface area (Å²) in [5.41, 5.74) is 1.23. The van der Waals surface area contributed by atoms with Crippen molar-refractivity contribution in [1.29, 1.82) is 0 Å². The van der Waals surface area contributed by atoms with Gasteiger partial charge < -0.3 is 14.4 Å². The number of anilines is 2. The zero-order valence-electron chi connectivity index (χ0n) is 19.8. The monoisotopic (exact) mass is 460 g/mol. The molecule has 0 saturated heterocycles. The van der Waals surface area contributed by atoms with E-state index in [4.69, 9.17) is 9.47 Å². The van der Waals surface area contributed by atoms with Gasteiger partial charge in [-0.25, -0.2) is 9.59 Å². The molecule has 2 aromatic rings. The Morgan fingerprint density at radius 2 is 1.85 bits per heavy atom. The minimum absolute atomic E-state index is 0.207. The first kappa shape index (κ1) is 23.3.